The van der Waals surface area contributed by atoms with Gasteiger partial charge in [0.1, 0.15) is 5.02 Å². The van der Waals surface area contributed by atoms with E-state index in [1.165, 1.54) is 12.3 Å². The molecule has 1 fully saturated rings. The van der Waals surface area contributed by atoms with E-state index in [0.717, 1.165) is 30.4 Å². The van der Waals surface area contributed by atoms with Crippen molar-refractivity contribution in [3.8, 4) is 11.1 Å². The second-order valence-corrected chi connectivity index (χ2v) is 8.85. The number of carbonyl (C=O) groups is 2. The maximum atomic E-state index is 12.1. The van der Waals surface area contributed by atoms with Gasteiger partial charge in [0.25, 0.3) is 0 Å². The molecule has 180 valence electrons. The standard InChI is InChI=1S/C26H27ClN6O2/c1-2-23(34)31-22-14-17(16-7-4-3-5-8-16)11-12-21(22)32-25-20(27)15-29-26(33-25)30-19-10-6-9-18(13-19)24(28)35/h2-5,7-8,11-12,14-15,18-19H,1,6,9-10,13H2,(H2,28,35)(H,31,34)(H2,29,30,32,33)/t18-,19+/m0/s1. The lowest BCUT2D eigenvalue weighted by atomic mass is 9.85. The molecule has 1 aromatic heterocycles. The number of halogens is 1. The summed E-state index contributed by atoms with van der Waals surface area (Å²) in [5.74, 6) is 0.0162. The Bertz CT molecular complexity index is 1230. The predicted octanol–water partition coefficient (Wildman–Crippen LogP) is 5.12. The highest BCUT2D eigenvalue weighted by molar-refractivity contribution is 6.33. The number of anilines is 4. The third kappa shape index (κ3) is 6.16. The second kappa shape index (κ2) is 11.0. The third-order valence-corrected chi connectivity index (χ3v) is 6.25. The molecule has 0 bridgehead atoms. The van der Waals surface area contributed by atoms with Gasteiger partial charge in [0.15, 0.2) is 5.82 Å². The molecule has 0 unspecified atom stereocenters. The van der Waals surface area contributed by atoms with E-state index in [1.54, 1.807) is 0 Å². The molecule has 2 amide bonds. The van der Waals surface area contributed by atoms with Gasteiger partial charge in [-0.15, -0.1) is 0 Å². The zero-order chi connectivity index (χ0) is 24.8. The van der Waals surface area contributed by atoms with Gasteiger partial charge >= 0.3 is 0 Å². The van der Waals surface area contributed by atoms with Crippen LogP contribution in [0.1, 0.15) is 25.7 Å². The summed E-state index contributed by atoms with van der Waals surface area (Å²) in [4.78, 5) is 32.5. The number of benzene rings is 2. The van der Waals surface area contributed by atoms with Crippen LogP contribution in [0.4, 0.5) is 23.1 Å². The summed E-state index contributed by atoms with van der Waals surface area (Å²) in [6, 6.07) is 15.6. The van der Waals surface area contributed by atoms with Gasteiger partial charge < -0.3 is 21.7 Å². The number of nitrogens with zero attached hydrogens (tertiary/aromatic N) is 2. The minimum absolute atomic E-state index is 0.0443. The van der Waals surface area contributed by atoms with Gasteiger partial charge in [0.2, 0.25) is 17.8 Å². The molecule has 35 heavy (non-hydrogen) atoms. The topological polar surface area (TPSA) is 122 Å². The van der Waals surface area contributed by atoms with E-state index in [-0.39, 0.29) is 23.8 Å². The van der Waals surface area contributed by atoms with Gasteiger partial charge in [-0.1, -0.05) is 61.0 Å². The summed E-state index contributed by atoms with van der Waals surface area (Å²) < 4.78 is 0. The van der Waals surface area contributed by atoms with E-state index in [9.17, 15) is 9.59 Å². The number of amides is 2. The molecule has 0 aliphatic heterocycles. The number of nitrogens with one attached hydrogen (secondary N) is 3. The smallest absolute Gasteiger partial charge is 0.247 e. The van der Waals surface area contributed by atoms with E-state index in [1.807, 2.05) is 48.5 Å². The average Bonchev–Trinajstić information content (AvgIpc) is 2.87. The first-order valence-electron chi connectivity index (χ1n) is 11.4. The Morgan fingerprint density at radius 3 is 2.63 bits per heavy atom. The van der Waals surface area contributed by atoms with Crippen LogP contribution in [-0.4, -0.2) is 27.8 Å². The largest absolute Gasteiger partial charge is 0.369 e. The Morgan fingerprint density at radius 1 is 1.09 bits per heavy atom. The fraction of sp³-hybridized carbons (Fsp3) is 0.231. The Balaban J connectivity index is 1.58. The number of rotatable bonds is 8. The van der Waals surface area contributed by atoms with Gasteiger partial charge in [-0.2, -0.15) is 4.98 Å². The van der Waals surface area contributed by atoms with Crippen molar-refractivity contribution in [2.45, 2.75) is 31.7 Å². The first-order valence-corrected chi connectivity index (χ1v) is 11.8. The molecule has 0 spiro atoms. The molecule has 8 nitrogen and oxygen atoms in total. The molecule has 4 rings (SSSR count). The molecule has 9 heteroatoms. The molecule has 5 N–H and O–H groups in total. The van der Waals surface area contributed by atoms with Crippen molar-refractivity contribution in [1.29, 1.82) is 0 Å². The number of primary amides is 1. The average molecular weight is 491 g/mol. The lowest BCUT2D eigenvalue weighted by Crippen LogP contribution is -2.34. The summed E-state index contributed by atoms with van der Waals surface area (Å²) in [6.07, 6.45) is 5.97. The first-order chi connectivity index (χ1) is 16.9. The molecule has 1 aliphatic carbocycles. The van der Waals surface area contributed by atoms with Gasteiger partial charge in [0.05, 0.1) is 17.6 Å². The SMILES string of the molecule is C=CC(=O)Nc1cc(-c2ccccc2)ccc1Nc1nc(N[C@@H]2CCC[C@H](C(N)=O)C2)ncc1Cl. The first kappa shape index (κ1) is 24.2. The summed E-state index contributed by atoms with van der Waals surface area (Å²) >= 11 is 6.39. The van der Waals surface area contributed by atoms with Crippen molar-refractivity contribution in [3.63, 3.8) is 0 Å². The Labute approximate surface area is 209 Å². The summed E-state index contributed by atoms with van der Waals surface area (Å²) in [7, 11) is 0. The Kier molecular flexibility index (Phi) is 7.62. The fourth-order valence-corrected chi connectivity index (χ4v) is 4.30. The molecule has 2 atom stereocenters. The predicted molar refractivity (Wildman–Crippen MR) is 140 cm³/mol. The zero-order valence-corrected chi connectivity index (χ0v) is 19.9. The molecular formula is C26H27ClN6O2. The van der Waals surface area contributed by atoms with Crippen molar-refractivity contribution in [3.05, 3.63) is 72.4 Å². The van der Waals surface area contributed by atoms with E-state index in [2.05, 4.69) is 32.5 Å². The highest BCUT2D eigenvalue weighted by Gasteiger charge is 2.26. The van der Waals surface area contributed by atoms with Crippen LogP contribution in [-0.2, 0) is 9.59 Å². The molecule has 1 aliphatic rings. The summed E-state index contributed by atoms with van der Waals surface area (Å²) in [5, 5.41) is 9.66. The second-order valence-electron chi connectivity index (χ2n) is 8.44. The van der Waals surface area contributed by atoms with Gasteiger partial charge in [0, 0.05) is 12.0 Å². The summed E-state index contributed by atoms with van der Waals surface area (Å²) in [6.45, 7) is 3.54. The number of carbonyl (C=O) groups excluding carboxylic acids is 2. The quantitative estimate of drug-likeness (QED) is 0.325. The maximum Gasteiger partial charge on any atom is 0.247 e. The maximum absolute atomic E-state index is 12.1. The van der Waals surface area contributed by atoms with Crippen LogP contribution in [0.25, 0.3) is 11.1 Å². The van der Waals surface area contributed by atoms with Gasteiger partial charge in [-0.05, 0) is 48.6 Å². The fourth-order valence-electron chi connectivity index (χ4n) is 4.16. The van der Waals surface area contributed by atoms with E-state index >= 15 is 0 Å². The van der Waals surface area contributed by atoms with Crippen molar-refractivity contribution in [2.24, 2.45) is 11.7 Å². The minimum Gasteiger partial charge on any atom is -0.369 e. The molecular weight excluding hydrogens is 464 g/mol. The molecule has 1 heterocycles. The van der Waals surface area contributed by atoms with E-state index < -0.39 is 0 Å². The molecule has 2 aromatic carbocycles. The minimum atomic E-state index is -0.337. The van der Waals surface area contributed by atoms with Crippen molar-refractivity contribution >= 4 is 46.6 Å². The van der Waals surface area contributed by atoms with Crippen LogP contribution in [0.2, 0.25) is 5.02 Å². The van der Waals surface area contributed by atoms with Crippen LogP contribution in [0.3, 0.4) is 0 Å². The van der Waals surface area contributed by atoms with Crippen LogP contribution >= 0.6 is 11.6 Å². The number of hydrogen-bond donors (Lipinski definition) is 4. The number of aromatic nitrogens is 2. The third-order valence-electron chi connectivity index (χ3n) is 5.98. The molecule has 0 saturated heterocycles. The Morgan fingerprint density at radius 2 is 1.89 bits per heavy atom. The van der Waals surface area contributed by atoms with Crippen LogP contribution in [0.15, 0.2) is 67.4 Å². The molecule has 1 saturated carbocycles. The highest BCUT2D eigenvalue weighted by Crippen LogP contribution is 2.33. The molecule has 3 aromatic rings. The lowest BCUT2D eigenvalue weighted by Gasteiger charge is -2.28. The van der Waals surface area contributed by atoms with Crippen LogP contribution < -0.4 is 21.7 Å². The number of hydrogen-bond acceptors (Lipinski definition) is 6. The van der Waals surface area contributed by atoms with Crippen molar-refractivity contribution < 1.29 is 9.59 Å². The normalized spacial score (nSPS) is 17.3. The summed E-state index contributed by atoms with van der Waals surface area (Å²) in [5.41, 5.74) is 8.61. The van der Waals surface area contributed by atoms with E-state index in [0.29, 0.717) is 34.6 Å². The van der Waals surface area contributed by atoms with Crippen molar-refractivity contribution in [1.82, 2.24) is 9.97 Å². The highest BCUT2D eigenvalue weighted by atomic mass is 35.5. The Hall–Kier alpha value is -3.91. The van der Waals surface area contributed by atoms with Crippen LogP contribution in [0, 0.1) is 5.92 Å². The van der Waals surface area contributed by atoms with Crippen LogP contribution in [0.5, 0.6) is 0 Å². The lowest BCUT2D eigenvalue weighted by molar-refractivity contribution is -0.122. The monoisotopic (exact) mass is 490 g/mol. The van der Waals surface area contributed by atoms with Gasteiger partial charge in [-0.25, -0.2) is 4.98 Å². The van der Waals surface area contributed by atoms with Crippen molar-refractivity contribution in [2.75, 3.05) is 16.0 Å². The zero-order valence-electron chi connectivity index (χ0n) is 19.1. The molecule has 0 radical (unpaired) electrons. The van der Waals surface area contributed by atoms with E-state index in [4.69, 9.17) is 17.3 Å². The van der Waals surface area contributed by atoms with Gasteiger partial charge in [-0.3, -0.25) is 9.59 Å². The number of nitrogens with two attached hydrogens (primary N) is 1.